The topological polar surface area (TPSA) is 67.3 Å². The van der Waals surface area contributed by atoms with Crippen LogP contribution < -0.4 is 10.6 Å². The molecule has 1 saturated heterocycles. The van der Waals surface area contributed by atoms with Crippen LogP contribution in [0.2, 0.25) is 0 Å². The summed E-state index contributed by atoms with van der Waals surface area (Å²) in [6, 6.07) is 7.42. The molecule has 0 spiro atoms. The highest BCUT2D eigenvalue weighted by Crippen LogP contribution is 2.25. The largest absolute Gasteiger partial charge is 0.508 e. The maximum Gasteiger partial charge on any atom is 0.115 e. The zero-order valence-corrected chi connectivity index (χ0v) is 11.7. The van der Waals surface area contributed by atoms with Crippen molar-refractivity contribution in [3.8, 4) is 11.4 Å². The van der Waals surface area contributed by atoms with Gasteiger partial charge in [0.1, 0.15) is 5.75 Å². The van der Waals surface area contributed by atoms with Crippen LogP contribution in [0.25, 0.3) is 5.69 Å². The highest BCUT2D eigenvalue weighted by molar-refractivity contribution is 5.52. The number of hydrogen-bond acceptors (Lipinski definition) is 4. The normalized spacial score (nSPS) is 16.6. The number of piperidine rings is 1. The average Bonchev–Trinajstić information content (AvgIpc) is 2.83. The number of nitrogens with two attached hydrogens (primary N) is 1. The molecule has 2 heterocycles. The van der Waals surface area contributed by atoms with Crippen LogP contribution in [-0.4, -0.2) is 34.0 Å². The molecule has 1 aliphatic heterocycles. The number of phenols is 1. The van der Waals surface area contributed by atoms with Crippen LogP contribution in [0.1, 0.15) is 18.5 Å². The molecule has 1 aromatic heterocycles. The Morgan fingerprint density at radius 3 is 2.50 bits per heavy atom. The second-order valence-electron chi connectivity index (χ2n) is 5.37. The van der Waals surface area contributed by atoms with Gasteiger partial charge in [-0.3, -0.25) is 0 Å². The zero-order valence-electron chi connectivity index (χ0n) is 11.7. The summed E-state index contributed by atoms with van der Waals surface area (Å²) in [6.45, 7) is 4.05. The van der Waals surface area contributed by atoms with Crippen molar-refractivity contribution in [3.05, 3.63) is 36.2 Å². The molecule has 0 bridgehead atoms. The van der Waals surface area contributed by atoms with Gasteiger partial charge in [-0.2, -0.15) is 5.10 Å². The van der Waals surface area contributed by atoms with Crippen molar-refractivity contribution in [2.24, 2.45) is 5.73 Å². The number of aromatic nitrogens is 2. The number of phenolic OH excluding ortho intramolecular Hbond substituents is 1. The van der Waals surface area contributed by atoms with Gasteiger partial charge in [-0.05, 0) is 44.0 Å². The van der Waals surface area contributed by atoms with Gasteiger partial charge in [-0.15, -0.1) is 0 Å². The first kappa shape index (κ1) is 13.0. The van der Waals surface area contributed by atoms with Crippen LogP contribution >= 0.6 is 0 Å². The molecule has 0 amide bonds. The fourth-order valence-corrected chi connectivity index (χ4v) is 2.71. The lowest BCUT2D eigenvalue weighted by atomic mass is 10.1. The number of hydrogen-bond donors (Lipinski definition) is 2. The number of anilines is 1. The molecule has 1 aromatic carbocycles. The molecule has 1 fully saturated rings. The van der Waals surface area contributed by atoms with Crippen molar-refractivity contribution in [2.75, 3.05) is 18.0 Å². The zero-order chi connectivity index (χ0) is 14.1. The smallest absolute Gasteiger partial charge is 0.115 e. The molecule has 0 saturated carbocycles. The van der Waals surface area contributed by atoms with Crippen LogP contribution in [0.5, 0.6) is 5.75 Å². The van der Waals surface area contributed by atoms with Gasteiger partial charge in [0.05, 0.1) is 23.3 Å². The predicted octanol–water partition coefficient (Wildman–Crippen LogP) is 1.81. The summed E-state index contributed by atoms with van der Waals surface area (Å²) in [5, 5.41) is 13.8. The predicted molar refractivity (Wildman–Crippen MR) is 79.4 cm³/mol. The van der Waals surface area contributed by atoms with Gasteiger partial charge in [0.2, 0.25) is 0 Å². The number of benzene rings is 1. The summed E-state index contributed by atoms with van der Waals surface area (Å²) in [6.07, 6.45) is 3.98. The second kappa shape index (κ2) is 5.17. The molecule has 0 unspecified atom stereocenters. The van der Waals surface area contributed by atoms with Crippen molar-refractivity contribution in [1.29, 1.82) is 0 Å². The SMILES string of the molecule is Cc1c(N2CCC(N)CC2)cnn1-c1ccc(O)cc1. The molecule has 5 nitrogen and oxygen atoms in total. The Kier molecular flexibility index (Phi) is 3.36. The third-order valence-corrected chi connectivity index (χ3v) is 3.96. The summed E-state index contributed by atoms with van der Waals surface area (Å²) in [5.41, 5.74) is 9.20. The average molecular weight is 272 g/mol. The first-order chi connectivity index (χ1) is 9.65. The summed E-state index contributed by atoms with van der Waals surface area (Å²) in [7, 11) is 0. The lowest BCUT2D eigenvalue weighted by molar-refractivity contribution is 0.475. The molecular weight excluding hydrogens is 252 g/mol. The molecule has 5 heteroatoms. The van der Waals surface area contributed by atoms with E-state index in [0.29, 0.717) is 6.04 Å². The van der Waals surface area contributed by atoms with Crippen molar-refractivity contribution < 1.29 is 5.11 Å². The van der Waals surface area contributed by atoms with E-state index in [1.54, 1.807) is 12.1 Å². The quantitative estimate of drug-likeness (QED) is 0.875. The molecule has 2 aromatic rings. The molecule has 0 aliphatic carbocycles. The minimum atomic E-state index is 0.267. The molecule has 0 radical (unpaired) electrons. The number of nitrogens with zero attached hydrogens (tertiary/aromatic N) is 3. The van der Waals surface area contributed by atoms with Crippen molar-refractivity contribution in [2.45, 2.75) is 25.8 Å². The Balaban J connectivity index is 1.87. The monoisotopic (exact) mass is 272 g/mol. The Morgan fingerprint density at radius 2 is 1.85 bits per heavy atom. The Hall–Kier alpha value is -2.01. The van der Waals surface area contributed by atoms with Crippen LogP contribution in [0.15, 0.2) is 30.5 Å². The minimum absolute atomic E-state index is 0.267. The fourth-order valence-electron chi connectivity index (χ4n) is 2.71. The summed E-state index contributed by atoms with van der Waals surface area (Å²) in [5.74, 6) is 0.267. The third kappa shape index (κ3) is 2.36. The molecule has 20 heavy (non-hydrogen) atoms. The third-order valence-electron chi connectivity index (χ3n) is 3.96. The maximum absolute atomic E-state index is 9.36. The van der Waals surface area contributed by atoms with Crippen LogP contribution in [0, 0.1) is 6.92 Å². The van der Waals surface area contributed by atoms with E-state index in [-0.39, 0.29) is 5.75 Å². The van der Waals surface area contributed by atoms with Crippen LogP contribution in [-0.2, 0) is 0 Å². The molecular formula is C15H20N4O. The first-order valence-electron chi connectivity index (χ1n) is 6.99. The summed E-state index contributed by atoms with van der Waals surface area (Å²) < 4.78 is 1.91. The first-order valence-corrected chi connectivity index (χ1v) is 6.99. The fraction of sp³-hybridized carbons (Fsp3) is 0.400. The van der Waals surface area contributed by atoms with Crippen LogP contribution in [0.4, 0.5) is 5.69 Å². The lowest BCUT2D eigenvalue weighted by Gasteiger charge is -2.31. The van der Waals surface area contributed by atoms with Gasteiger partial charge in [-0.25, -0.2) is 4.68 Å². The van der Waals surface area contributed by atoms with E-state index < -0.39 is 0 Å². The number of rotatable bonds is 2. The Bertz CT molecular complexity index is 582. The molecule has 1 aliphatic rings. The number of aromatic hydroxyl groups is 1. The van der Waals surface area contributed by atoms with Gasteiger partial charge in [0.15, 0.2) is 0 Å². The van der Waals surface area contributed by atoms with Gasteiger partial charge in [-0.1, -0.05) is 0 Å². The molecule has 3 rings (SSSR count). The maximum atomic E-state index is 9.36. The van der Waals surface area contributed by atoms with E-state index in [0.717, 1.165) is 37.3 Å². The van der Waals surface area contributed by atoms with E-state index >= 15 is 0 Å². The Morgan fingerprint density at radius 1 is 1.20 bits per heavy atom. The van der Waals surface area contributed by atoms with Gasteiger partial charge in [0, 0.05) is 19.1 Å². The van der Waals surface area contributed by atoms with E-state index in [1.807, 2.05) is 23.0 Å². The highest BCUT2D eigenvalue weighted by atomic mass is 16.3. The van der Waals surface area contributed by atoms with E-state index in [9.17, 15) is 5.11 Å². The highest BCUT2D eigenvalue weighted by Gasteiger charge is 2.20. The molecule has 106 valence electrons. The lowest BCUT2D eigenvalue weighted by Crippen LogP contribution is -2.39. The van der Waals surface area contributed by atoms with E-state index in [4.69, 9.17) is 5.73 Å². The summed E-state index contributed by atoms with van der Waals surface area (Å²) >= 11 is 0. The van der Waals surface area contributed by atoms with Crippen molar-refractivity contribution in [3.63, 3.8) is 0 Å². The van der Waals surface area contributed by atoms with Crippen LogP contribution in [0.3, 0.4) is 0 Å². The molecule has 0 atom stereocenters. The standard InChI is InChI=1S/C15H20N4O/c1-11-15(18-8-6-12(16)7-9-18)10-17-19(11)13-2-4-14(20)5-3-13/h2-5,10,12,20H,6-9,16H2,1H3. The van der Waals surface area contributed by atoms with Crippen molar-refractivity contribution >= 4 is 5.69 Å². The van der Waals surface area contributed by atoms with E-state index in [2.05, 4.69) is 16.9 Å². The van der Waals surface area contributed by atoms with Gasteiger partial charge < -0.3 is 15.7 Å². The van der Waals surface area contributed by atoms with Gasteiger partial charge in [0.25, 0.3) is 0 Å². The van der Waals surface area contributed by atoms with Gasteiger partial charge >= 0.3 is 0 Å². The minimum Gasteiger partial charge on any atom is -0.508 e. The Labute approximate surface area is 118 Å². The van der Waals surface area contributed by atoms with E-state index in [1.165, 1.54) is 5.69 Å². The second-order valence-corrected chi connectivity index (χ2v) is 5.37. The summed E-state index contributed by atoms with van der Waals surface area (Å²) in [4.78, 5) is 2.35. The molecule has 3 N–H and O–H groups in total. The van der Waals surface area contributed by atoms with Crippen molar-refractivity contribution in [1.82, 2.24) is 9.78 Å².